The third-order valence-electron chi connectivity index (χ3n) is 3.95. The van der Waals surface area contributed by atoms with Crippen LogP contribution in [0.25, 0.3) is 0 Å². The summed E-state index contributed by atoms with van der Waals surface area (Å²) in [4.78, 5) is 11.7. The van der Waals surface area contributed by atoms with Gasteiger partial charge in [-0.05, 0) is 25.2 Å². The van der Waals surface area contributed by atoms with E-state index in [1.807, 2.05) is 0 Å². The van der Waals surface area contributed by atoms with E-state index in [2.05, 4.69) is 5.32 Å². The second-order valence-electron chi connectivity index (χ2n) is 5.96. The Morgan fingerprint density at radius 2 is 1.95 bits per heavy atom. The van der Waals surface area contributed by atoms with Crippen LogP contribution in [0.15, 0.2) is 0 Å². The summed E-state index contributed by atoms with van der Waals surface area (Å²) in [6.07, 6.45) is 10.2. The monoisotopic (exact) mass is 304 g/mol. The van der Waals surface area contributed by atoms with Gasteiger partial charge < -0.3 is 11.1 Å². The van der Waals surface area contributed by atoms with Gasteiger partial charge in [-0.25, -0.2) is 8.42 Å². The SMILES string of the molecule is CS(=O)(=O)CCC(N)C(=O)NCCCC1CCCCC1. The third-order valence-corrected chi connectivity index (χ3v) is 4.93. The summed E-state index contributed by atoms with van der Waals surface area (Å²) < 4.78 is 22.0. The largest absolute Gasteiger partial charge is 0.355 e. The Morgan fingerprint density at radius 1 is 1.30 bits per heavy atom. The first kappa shape index (κ1) is 17.4. The molecule has 0 saturated heterocycles. The molecule has 0 spiro atoms. The van der Waals surface area contributed by atoms with Crippen LogP contribution in [0.1, 0.15) is 51.4 Å². The minimum Gasteiger partial charge on any atom is -0.355 e. The van der Waals surface area contributed by atoms with Gasteiger partial charge in [-0.15, -0.1) is 0 Å². The highest BCUT2D eigenvalue weighted by molar-refractivity contribution is 7.90. The number of rotatable bonds is 8. The second-order valence-corrected chi connectivity index (χ2v) is 8.22. The molecule has 0 radical (unpaired) electrons. The molecule has 0 heterocycles. The molecule has 118 valence electrons. The van der Waals surface area contributed by atoms with Crippen molar-refractivity contribution in [2.24, 2.45) is 11.7 Å². The van der Waals surface area contributed by atoms with Crippen LogP contribution in [-0.4, -0.2) is 38.9 Å². The number of nitrogens with two attached hydrogens (primary N) is 1. The average molecular weight is 304 g/mol. The van der Waals surface area contributed by atoms with Crippen LogP contribution in [0.2, 0.25) is 0 Å². The Bertz CT molecular complexity index is 389. The van der Waals surface area contributed by atoms with Gasteiger partial charge in [0.25, 0.3) is 0 Å². The summed E-state index contributed by atoms with van der Waals surface area (Å²) in [6.45, 7) is 0.641. The molecule has 1 amide bonds. The maximum atomic E-state index is 11.7. The lowest BCUT2D eigenvalue weighted by molar-refractivity contribution is -0.122. The first-order chi connectivity index (χ1) is 9.38. The summed E-state index contributed by atoms with van der Waals surface area (Å²) >= 11 is 0. The van der Waals surface area contributed by atoms with Crippen molar-refractivity contribution in [3.05, 3.63) is 0 Å². The minimum absolute atomic E-state index is 0.0380. The van der Waals surface area contributed by atoms with Gasteiger partial charge in [0.15, 0.2) is 0 Å². The van der Waals surface area contributed by atoms with Crippen molar-refractivity contribution in [2.45, 2.75) is 57.4 Å². The van der Waals surface area contributed by atoms with E-state index in [9.17, 15) is 13.2 Å². The molecule has 5 nitrogen and oxygen atoms in total. The van der Waals surface area contributed by atoms with Gasteiger partial charge in [0.05, 0.1) is 11.8 Å². The molecule has 1 unspecified atom stereocenters. The number of hydrogen-bond donors (Lipinski definition) is 2. The molecule has 0 aromatic carbocycles. The molecule has 20 heavy (non-hydrogen) atoms. The van der Waals surface area contributed by atoms with Crippen LogP contribution in [0.5, 0.6) is 0 Å². The fourth-order valence-corrected chi connectivity index (χ4v) is 3.36. The van der Waals surface area contributed by atoms with E-state index in [1.54, 1.807) is 0 Å². The summed E-state index contributed by atoms with van der Waals surface area (Å²) in [5, 5.41) is 2.80. The molecule has 0 aromatic heterocycles. The van der Waals surface area contributed by atoms with E-state index in [-0.39, 0.29) is 18.1 Å². The van der Waals surface area contributed by atoms with Crippen LogP contribution in [0.4, 0.5) is 0 Å². The molecular weight excluding hydrogens is 276 g/mol. The van der Waals surface area contributed by atoms with Gasteiger partial charge in [0.1, 0.15) is 9.84 Å². The lowest BCUT2D eigenvalue weighted by atomic mass is 9.86. The van der Waals surface area contributed by atoms with Crippen LogP contribution in [0, 0.1) is 5.92 Å². The smallest absolute Gasteiger partial charge is 0.236 e. The van der Waals surface area contributed by atoms with Crippen LogP contribution in [0.3, 0.4) is 0 Å². The first-order valence-electron chi connectivity index (χ1n) is 7.59. The highest BCUT2D eigenvalue weighted by atomic mass is 32.2. The fraction of sp³-hybridized carbons (Fsp3) is 0.929. The van der Waals surface area contributed by atoms with Crippen molar-refractivity contribution in [1.29, 1.82) is 0 Å². The van der Waals surface area contributed by atoms with Gasteiger partial charge in [-0.1, -0.05) is 32.1 Å². The number of nitrogens with one attached hydrogen (secondary N) is 1. The maximum Gasteiger partial charge on any atom is 0.236 e. The number of amides is 1. The summed E-state index contributed by atoms with van der Waals surface area (Å²) in [5.41, 5.74) is 5.67. The highest BCUT2D eigenvalue weighted by Crippen LogP contribution is 2.26. The molecule has 3 N–H and O–H groups in total. The van der Waals surface area contributed by atoms with E-state index in [4.69, 9.17) is 5.73 Å². The number of carbonyl (C=O) groups excluding carboxylic acids is 1. The molecular formula is C14H28N2O3S. The molecule has 0 aromatic rings. The second kappa shape index (κ2) is 8.62. The number of sulfone groups is 1. The Balaban J connectivity index is 2.09. The van der Waals surface area contributed by atoms with Crippen LogP contribution < -0.4 is 11.1 Å². The third kappa shape index (κ3) is 7.85. The maximum absolute atomic E-state index is 11.7. The summed E-state index contributed by atoms with van der Waals surface area (Å²) in [5.74, 6) is 0.542. The van der Waals surface area contributed by atoms with Crippen LogP contribution >= 0.6 is 0 Å². The molecule has 1 saturated carbocycles. The zero-order chi connectivity index (χ0) is 15.0. The van der Waals surface area contributed by atoms with Gasteiger partial charge in [0.2, 0.25) is 5.91 Å². The van der Waals surface area contributed by atoms with E-state index < -0.39 is 15.9 Å². The van der Waals surface area contributed by atoms with Crippen LogP contribution in [-0.2, 0) is 14.6 Å². The molecule has 1 aliphatic rings. The standard InChI is InChI=1S/C14H28N2O3S/c1-20(18,19)11-9-13(15)14(17)16-10-5-8-12-6-3-2-4-7-12/h12-13H,2-11,15H2,1H3,(H,16,17). The lowest BCUT2D eigenvalue weighted by Crippen LogP contribution is -2.42. The highest BCUT2D eigenvalue weighted by Gasteiger charge is 2.16. The van der Waals surface area contributed by atoms with Crippen molar-refractivity contribution in [3.63, 3.8) is 0 Å². The zero-order valence-electron chi connectivity index (χ0n) is 12.4. The van der Waals surface area contributed by atoms with Crippen molar-refractivity contribution < 1.29 is 13.2 Å². The van der Waals surface area contributed by atoms with Crippen molar-refractivity contribution >= 4 is 15.7 Å². The van der Waals surface area contributed by atoms with E-state index in [0.29, 0.717) is 6.54 Å². The lowest BCUT2D eigenvalue weighted by Gasteiger charge is -2.21. The quantitative estimate of drug-likeness (QED) is 0.660. The van der Waals surface area contributed by atoms with Gasteiger partial charge in [-0.2, -0.15) is 0 Å². The van der Waals surface area contributed by atoms with Gasteiger partial charge in [0, 0.05) is 12.8 Å². The summed E-state index contributed by atoms with van der Waals surface area (Å²) in [7, 11) is -3.05. The zero-order valence-corrected chi connectivity index (χ0v) is 13.3. The number of carbonyl (C=O) groups is 1. The Labute approximate surface area is 122 Å². The molecule has 0 bridgehead atoms. The molecule has 1 aliphatic carbocycles. The normalized spacial score (nSPS) is 18.7. The van der Waals surface area contributed by atoms with E-state index >= 15 is 0 Å². The minimum atomic E-state index is -3.05. The van der Waals surface area contributed by atoms with Crippen molar-refractivity contribution in [1.82, 2.24) is 5.32 Å². The topological polar surface area (TPSA) is 89.3 Å². The fourth-order valence-electron chi connectivity index (χ4n) is 2.68. The molecule has 1 fully saturated rings. The van der Waals surface area contributed by atoms with E-state index in [1.165, 1.54) is 38.5 Å². The van der Waals surface area contributed by atoms with Gasteiger partial charge >= 0.3 is 0 Å². The molecule has 0 aliphatic heterocycles. The van der Waals surface area contributed by atoms with Crippen molar-refractivity contribution in [3.8, 4) is 0 Å². The molecule has 1 rings (SSSR count). The predicted molar refractivity (Wildman–Crippen MR) is 81.1 cm³/mol. The molecule has 6 heteroatoms. The number of hydrogen-bond acceptors (Lipinski definition) is 4. The van der Waals surface area contributed by atoms with Gasteiger partial charge in [-0.3, -0.25) is 4.79 Å². The van der Waals surface area contributed by atoms with Crippen molar-refractivity contribution in [2.75, 3.05) is 18.6 Å². The summed E-state index contributed by atoms with van der Waals surface area (Å²) in [6, 6.07) is -0.723. The Kier molecular flexibility index (Phi) is 7.51. The Hall–Kier alpha value is -0.620. The predicted octanol–water partition coefficient (Wildman–Crippen LogP) is 1.23. The van der Waals surface area contributed by atoms with E-state index in [0.717, 1.165) is 18.6 Å². The average Bonchev–Trinajstić information content (AvgIpc) is 2.41. The Morgan fingerprint density at radius 3 is 2.55 bits per heavy atom. The first-order valence-corrected chi connectivity index (χ1v) is 9.65. The molecule has 1 atom stereocenters.